The van der Waals surface area contributed by atoms with E-state index in [9.17, 15) is 4.79 Å². The van der Waals surface area contributed by atoms with Crippen molar-refractivity contribution in [3.8, 4) is 0 Å². The molecule has 0 radical (unpaired) electrons. The second kappa shape index (κ2) is 5.69. The monoisotopic (exact) mass is 298 g/mol. The molecule has 4 heteroatoms. The van der Waals surface area contributed by atoms with Crippen LogP contribution in [0.5, 0.6) is 0 Å². The van der Waals surface area contributed by atoms with Crippen LogP contribution in [0.15, 0.2) is 24.3 Å². The summed E-state index contributed by atoms with van der Waals surface area (Å²) < 4.78 is 0. The number of rotatable bonds is 3. The van der Waals surface area contributed by atoms with Crippen LogP contribution in [-0.4, -0.2) is 23.0 Å². The Balaban J connectivity index is 1.91. The smallest absolute Gasteiger partial charge is 0.279 e. The van der Waals surface area contributed by atoms with Gasteiger partial charge in [0.25, 0.3) is 5.91 Å². The number of nitrogens with one attached hydrogen (secondary N) is 1. The summed E-state index contributed by atoms with van der Waals surface area (Å²) in [5.41, 5.74) is 4.37. The molecule has 2 aromatic rings. The number of nitrogens with two attached hydrogens (primary N) is 1. The number of aromatic nitrogens is 1. The maximum Gasteiger partial charge on any atom is 0.279 e. The van der Waals surface area contributed by atoms with E-state index in [1.54, 1.807) is 0 Å². The molecule has 0 fully saturated rings. The Kier molecular flexibility index (Phi) is 3.87. The molecule has 3 rings (SSSR count). The molecule has 0 aliphatic heterocycles. The molecule has 3 N–H and O–H groups in total. The fourth-order valence-electron chi connectivity index (χ4n) is 2.94. The minimum absolute atomic E-state index is 0.0552. The third-order valence-corrected chi connectivity index (χ3v) is 4.08. The Morgan fingerprint density at radius 2 is 2.05 bits per heavy atom. The number of nitrogens with zero attached hydrogens (tertiary/aromatic N) is 1. The van der Waals surface area contributed by atoms with Crippen molar-refractivity contribution in [3.05, 3.63) is 35.5 Å². The van der Waals surface area contributed by atoms with Gasteiger partial charge in [-0.05, 0) is 51.7 Å². The highest BCUT2D eigenvalue weighted by Gasteiger charge is 2.22. The lowest BCUT2D eigenvalue weighted by Crippen LogP contribution is -2.95. The molecule has 1 aromatic carbocycles. The Morgan fingerprint density at radius 3 is 2.82 bits per heavy atom. The highest BCUT2D eigenvalue weighted by atomic mass is 16.1. The standard InChI is InChI=1S/C18H23N3O/c1-18(2,3)19-11-16(22)21-17-12-7-4-5-9-14(12)20-15-10-6-8-13(15)17/h4-5,7,9,19H,6,8,10-11H2,1-3H3,(H,20,21,22)/p+1. The normalized spacial score (nSPS) is 14.1. The summed E-state index contributed by atoms with van der Waals surface area (Å²) in [7, 11) is 0. The van der Waals surface area contributed by atoms with E-state index in [0.29, 0.717) is 6.54 Å². The second-order valence-electron chi connectivity index (χ2n) is 7.11. The number of carbonyl (C=O) groups is 1. The summed E-state index contributed by atoms with van der Waals surface area (Å²) in [6.07, 6.45) is 3.14. The number of fused-ring (bicyclic) bond motifs is 2. The molecule has 1 amide bonds. The van der Waals surface area contributed by atoms with Crippen LogP contribution in [0.2, 0.25) is 0 Å². The van der Waals surface area contributed by atoms with Gasteiger partial charge in [-0.15, -0.1) is 0 Å². The number of quaternary nitrogens is 1. The number of hydrogen-bond acceptors (Lipinski definition) is 2. The molecule has 1 heterocycles. The number of anilines is 1. The summed E-state index contributed by atoms with van der Waals surface area (Å²) >= 11 is 0. The Bertz CT molecular complexity index is 716. The quantitative estimate of drug-likeness (QED) is 0.911. The van der Waals surface area contributed by atoms with Crippen LogP contribution in [0.1, 0.15) is 38.4 Å². The fraction of sp³-hybridized carbons (Fsp3) is 0.444. The van der Waals surface area contributed by atoms with Gasteiger partial charge in [-0.25, -0.2) is 0 Å². The van der Waals surface area contributed by atoms with Crippen LogP contribution in [0.25, 0.3) is 10.9 Å². The topological polar surface area (TPSA) is 58.6 Å². The van der Waals surface area contributed by atoms with Gasteiger partial charge >= 0.3 is 0 Å². The van der Waals surface area contributed by atoms with Gasteiger partial charge in [-0.1, -0.05) is 18.2 Å². The molecule has 0 bridgehead atoms. The van der Waals surface area contributed by atoms with E-state index >= 15 is 0 Å². The van der Waals surface area contributed by atoms with Gasteiger partial charge < -0.3 is 10.6 Å². The predicted octanol–water partition coefficient (Wildman–Crippen LogP) is 2.02. The molecular formula is C18H24N3O+. The molecule has 0 saturated heterocycles. The number of pyridine rings is 1. The number of hydrogen-bond donors (Lipinski definition) is 2. The molecule has 1 aliphatic carbocycles. The van der Waals surface area contributed by atoms with E-state index in [4.69, 9.17) is 4.98 Å². The average molecular weight is 298 g/mol. The Labute approximate surface area is 131 Å². The van der Waals surface area contributed by atoms with E-state index in [-0.39, 0.29) is 11.4 Å². The van der Waals surface area contributed by atoms with Crippen molar-refractivity contribution in [1.82, 2.24) is 4.98 Å². The molecule has 116 valence electrons. The highest BCUT2D eigenvalue weighted by Crippen LogP contribution is 2.33. The number of aryl methyl sites for hydroxylation is 1. The van der Waals surface area contributed by atoms with Crippen LogP contribution in [0.3, 0.4) is 0 Å². The van der Waals surface area contributed by atoms with Crippen molar-refractivity contribution in [1.29, 1.82) is 0 Å². The van der Waals surface area contributed by atoms with E-state index in [1.807, 2.05) is 24.3 Å². The molecule has 0 saturated carbocycles. The first-order chi connectivity index (χ1) is 10.4. The number of benzene rings is 1. The van der Waals surface area contributed by atoms with Gasteiger partial charge in [0, 0.05) is 11.1 Å². The average Bonchev–Trinajstić information content (AvgIpc) is 2.92. The van der Waals surface area contributed by atoms with Crippen LogP contribution in [-0.2, 0) is 17.6 Å². The zero-order valence-corrected chi connectivity index (χ0v) is 13.6. The highest BCUT2D eigenvalue weighted by molar-refractivity contribution is 6.03. The molecule has 1 aromatic heterocycles. The minimum Gasteiger partial charge on any atom is -0.334 e. The van der Waals surface area contributed by atoms with Gasteiger partial charge in [0.2, 0.25) is 0 Å². The van der Waals surface area contributed by atoms with Crippen molar-refractivity contribution in [2.24, 2.45) is 0 Å². The van der Waals surface area contributed by atoms with Crippen LogP contribution >= 0.6 is 0 Å². The first-order valence-corrected chi connectivity index (χ1v) is 7.99. The van der Waals surface area contributed by atoms with Crippen molar-refractivity contribution < 1.29 is 10.1 Å². The van der Waals surface area contributed by atoms with E-state index in [1.165, 1.54) is 5.56 Å². The van der Waals surface area contributed by atoms with Crippen molar-refractivity contribution >= 4 is 22.5 Å². The first kappa shape index (κ1) is 15.0. The van der Waals surface area contributed by atoms with Crippen molar-refractivity contribution in [2.75, 3.05) is 11.9 Å². The third kappa shape index (κ3) is 3.12. The van der Waals surface area contributed by atoms with Gasteiger partial charge in [-0.2, -0.15) is 0 Å². The van der Waals surface area contributed by atoms with Crippen LogP contribution in [0, 0.1) is 0 Å². The summed E-state index contributed by atoms with van der Waals surface area (Å²) in [5.74, 6) is 0.0559. The SMILES string of the molecule is CC(C)(C)[NH2+]CC(=O)Nc1c2c(nc3ccccc13)CCC2. The Hall–Kier alpha value is -1.94. The van der Waals surface area contributed by atoms with Gasteiger partial charge in [0.05, 0.1) is 16.7 Å². The molecule has 0 unspecified atom stereocenters. The van der Waals surface area contributed by atoms with Crippen molar-refractivity contribution in [3.63, 3.8) is 0 Å². The van der Waals surface area contributed by atoms with E-state index < -0.39 is 0 Å². The number of amides is 1. The number of para-hydroxylation sites is 1. The summed E-state index contributed by atoms with van der Waals surface area (Å²) in [4.78, 5) is 17.1. The van der Waals surface area contributed by atoms with Gasteiger partial charge in [0.15, 0.2) is 6.54 Å². The lowest BCUT2D eigenvalue weighted by Gasteiger charge is -2.17. The molecular weight excluding hydrogens is 274 g/mol. The van der Waals surface area contributed by atoms with E-state index in [0.717, 1.165) is 41.5 Å². The number of carbonyl (C=O) groups excluding carboxylic acids is 1. The second-order valence-corrected chi connectivity index (χ2v) is 7.11. The van der Waals surface area contributed by atoms with E-state index in [2.05, 4.69) is 31.4 Å². The predicted molar refractivity (Wildman–Crippen MR) is 88.9 cm³/mol. The van der Waals surface area contributed by atoms with Crippen LogP contribution < -0.4 is 10.6 Å². The maximum absolute atomic E-state index is 12.3. The summed E-state index contributed by atoms with van der Waals surface area (Å²) in [6.45, 7) is 6.77. The molecule has 0 spiro atoms. The lowest BCUT2D eigenvalue weighted by molar-refractivity contribution is -0.707. The third-order valence-electron chi connectivity index (χ3n) is 4.08. The fourth-order valence-corrected chi connectivity index (χ4v) is 2.94. The summed E-state index contributed by atoms with van der Waals surface area (Å²) in [5, 5.41) is 6.26. The molecule has 4 nitrogen and oxygen atoms in total. The minimum atomic E-state index is 0.0552. The molecule has 22 heavy (non-hydrogen) atoms. The summed E-state index contributed by atoms with van der Waals surface area (Å²) in [6, 6.07) is 8.06. The molecule has 1 aliphatic rings. The molecule has 0 atom stereocenters. The first-order valence-electron chi connectivity index (χ1n) is 7.99. The Morgan fingerprint density at radius 1 is 1.27 bits per heavy atom. The maximum atomic E-state index is 12.3. The van der Waals surface area contributed by atoms with Gasteiger partial charge in [-0.3, -0.25) is 9.78 Å². The zero-order valence-electron chi connectivity index (χ0n) is 13.6. The largest absolute Gasteiger partial charge is 0.334 e. The van der Waals surface area contributed by atoms with Gasteiger partial charge in [0.1, 0.15) is 0 Å². The lowest BCUT2D eigenvalue weighted by atomic mass is 10.1. The zero-order chi connectivity index (χ0) is 15.7. The van der Waals surface area contributed by atoms with Crippen molar-refractivity contribution in [2.45, 2.75) is 45.6 Å². The van der Waals surface area contributed by atoms with Crippen LogP contribution in [0.4, 0.5) is 5.69 Å².